The molecule has 0 amide bonds. The minimum Gasteiger partial charge on any atom is -0.426 e. The third kappa shape index (κ3) is 4.03. The number of H-pyrrole nitrogens is 1. The molecule has 30 heavy (non-hydrogen) atoms. The van der Waals surface area contributed by atoms with Gasteiger partial charge in [-0.3, -0.25) is 18.9 Å². The maximum atomic E-state index is 15.4. The summed E-state index contributed by atoms with van der Waals surface area (Å²) in [5.41, 5.74) is -4.31. The van der Waals surface area contributed by atoms with Gasteiger partial charge in [0, 0.05) is 12.3 Å². The van der Waals surface area contributed by atoms with Crippen molar-refractivity contribution in [3.63, 3.8) is 0 Å². The second-order valence-electron chi connectivity index (χ2n) is 6.74. The number of rotatable bonds is 7. The van der Waals surface area contributed by atoms with Crippen LogP contribution in [0.4, 0.5) is 4.39 Å². The summed E-state index contributed by atoms with van der Waals surface area (Å²) in [6, 6.07) is 8.95. The number of alkyl halides is 1. The molecular formula is C18H20FN2O8P. The van der Waals surface area contributed by atoms with Crippen molar-refractivity contribution in [2.45, 2.75) is 30.7 Å². The standard InChI is InChI=1S/C18H20FN2O8P/c1-11(2)18(25)14(23)17(19,10-27-30(26)29-12-6-4-3-5-7-12)28-15(18)21-9-8-13(22)20-16(21)24/h3-9,14-15,23,25,30H,1,10H2,2H3,(H,20,22,24)/t14-,15-,17-,18-/m1/s1. The van der Waals surface area contributed by atoms with Gasteiger partial charge >= 0.3 is 13.9 Å². The highest BCUT2D eigenvalue weighted by molar-refractivity contribution is 7.33. The first-order valence-electron chi connectivity index (χ1n) is 8.72. The van der Waals surface area contributed by atoms with Gasteiger partial charge in [-0.2, -0.15) is 0 Å². The number of hydrogen-bond acceptors (Lipinski definition) is 8. The highest BCUT2D eigenvalue weighted by atomic mass is 31.1. The summed E-state index contributed by atoms with van der Waals surface area (Å²) in [5, 5.41) is 21.5. The van der Waals surface area contributed by atoms with Crippen molar-refractivity contribution in [2.24, 2.45) is 0 Å². The van der Waals surface area contributed by atoms with E-state index in [2.05, 4.69) is 6.58 Å². The first kappa shape index (κ1) is 22.1. The lowest BCUT2D eigenvalue weighted by atomic mass is 9.87. The molecular weight excluding hydrogens is 422 g/mol. The molecule has 1 unspecified atom stereocenters. The van der Waals surface area contributed by atoms with Crippen LogP contribution in [-0.4, -0.2) is 43.9 Å². The summed E-state index contributed by atoms with van der Waals surface area (Å²) in [5.74, 6) is -2.85. The zero-order chi connectivity index (χ0) is 22.1. The van der Waals surface area contributed by atoms with Gasteiger partial charge in [-0.15, -0.1) is 0 Å². The number of aliphatic hydroxyl groups is 2. The Morgan fingerprint density at radius 3 is 2.63 bits per heavy atom. The Hall–Kier alpha value is -2.56. The molecule has 3 rings (SSSR count). The number of para-hydroxylation sites is 1. The molecule has 0 bridgehead atoms. The fourth-order valence-electron chi connectivity index (χ4n) is 3.01. The number of nitrogens with one attached hydrogen (secondary N) is 1. The topological polar surface area (TPSA) is 140 Å². The Labute approximate surface area is 170 Å². The average Bonchev–Trinajstić information content (AvgIpc) is 2.90. The molecule has 2 aromatic rings. The van der Waals surface area contributed by atoms with E-state index in [-0.39, 0.29) is 11.3 Å². The van der Waals surface area contributed by atoms with E-state index in [4.69, 9.17) is 13.8 Å². The number of aliphatic hydroxyl groups excluding tert-OH is 1. The molecule has 0 aliphatic carbocycles. The molecule has 1 fully saturated rings. The van der Waals surface area contributed by atoms with Gasteiger partial charge in [0.25, 0.3) is 11.4 Å². The average molecular weight is 442 g/mol. The zero-order valence-corrected chi connectivity index (χ0v) is 16.8. The van der Waals surface area contributed by atoms with E-state index in [9.17, 15) is 24.4 Å². The molecule has 1 aromatic heterocycles. The minimum atomic E-state index is -3.24. The van der Waals surface area contributed by atoms with Crippen LogP contribution in [-0.2, 0) is 13.8 Å². The maximum absolute atomic E-state index is 15.4. The predicted octanol–water partition coefficient (Wildman–Crippen LogP) is 0.885. The summed E-state index contributed by atoms with van der Waals surface area (Å²) in [4.78, 5) is 25.3. The Morgan fingerprint density at radius 1 is 1.37 bits per heavy atom. The number of aromatic nitrogens is 2. The second kappa shape index (κ2) is 8.29. The van der Waals surface area contributed by atoms with Crippen LogP contribution in [0.1, 0.15) is 13.2 Å². The van der Waals surface area contributed by atoms with Gasteiger partial charge in [-0.05, 0) is 24.6 Å². The predicted molar refractivity (Wildman–Crippen MR) is 103 cm³/mol. The van der Waals surface area contributed by atoms with Gasteiger partial charge in [-0.25, -0.2) is 13.8 Å². The van der Waals surface area contributed by atoms with Crippen molar-refractivity contribution in [2.75, 3.05) is 6.61 Å². The number of benzene rings is 1. The smallest absolute Gasteiger partial charge is 0.368 e. The van der Waals surface area contributed by atoms with Gasteiger partial charge in [0.05, 0.1) is 0 Å². The van der Waals surface area contributed by atoms with Crippen LogP contribution in [0.2, 0.25) is 0 Å². The number of hydrogen-bond donors (Lipinski definition) is 3. The molecule has 2 heterocycles. The molecule has 162 valence electrons. The fraction of sp³-hybridized carbons (Fsp3) is 0.333. The van der Waals surface area contributed by atoms with Crippen molar-refractivity contribution in [1.82, 2.24) is 9.55 Å². The number of halogens is 1. The van der Waals surface area contributed by atoms with Crippen molar-refractivity contribution in [3.05, 3.63) is 75.6 Å². The monoisotopic (exact) mass is 442 g/mol. The van der Waals surface area contributed by atoms with Gasteiger partial charge in [0.1, 0.15) is 12.4 Å². The molecule has 3 N–H and O–H groups in total. The Kier molecular flexibility index (Phi) is 6.11. The molecule has 1 aromatic carbocycles. The van der Waals surface area contributed by atoms with E-state index in [0.29, 0.717) is 4.57 Å². The highest BCUT2D eigenvalue weighted by Crippen LogP contribution is 2.49. The molecule has 12 heteroatoms. The zero-order valence-electron chi connectivity index (χ0n) is 15.8. The molecule has 1 saturated heterocycles. The van der Waals surface area contributed by atoms with Crippen LogP contribution >= 0.6 is 8.25 Å². The fourth-order valence-corrected chi connectivity index (χ4v) is 3.72. The van der Waals surface area contributed by atoms with Crippen molar-refractivity contribution in [3.8, 4) is 5.75 Å². The summed E-state index contributed by atoms with van der Waals surface area (Å²) in [7, 11) is -3.24. The molecule has 0 saturated carbocycles. The number of nitrogens with zero attached hydrogens (tertiary/aromatic N) is 1. The van der Waals surface area contributed by atoms with Crippen molar-refractivity contribution in [1.29, 1.82) is 0 Å². The molecule has 0 radical (unpaired) electrons. The van der Waals surface area contributed by atoms with Crippen molar-refractivity contribution >= 4 is 8.25 Å². The maximum Gasteiger partial charge on any atom is 0.368 e. The van der Waals surface area contributed by atoms with Crippen LogP contribution in [0, 0.1) is 0 Å². The normalized spacial score (nSPS) is 29.5. The van der Waals surface area contributed by atoms with Gasteiger partial charge in [-0.1, -0.05) is 24.8 Å². The van der Waals surface area contributed by atoms with E-state index in [1.54, 1.807) is 18.2 Å². The Bertz CT molecular complexity index is 1070. The molecule has 5 atom stereocenters. The summed E-state index contributed by atoms with van der Waals surface area (Å²) >= 11 is 0. The van der Waals surface area contributed by atoms with E-state index in [1.807, 2.05) is 4.98 Å². The third-order valence-electron chi connectivity index (χ3n) is 4.63. The van der Waals surface area contributed by atoms with E-state index >= 15 is 4.39 Å². The van der Waals surface area contributed by atoms with Crippen LogP contribution in [0.5, 0.6) is 5.75 Å². The van der Waals surface area contributed by atoms with Gasteiger partial charge < -0.3 is 19.5 Å². The number of ether oxygens (including phenoxy) is 1. The molecule has 1 aliphatic heterocycles. The Balaban J connectivity index is 1.84. The first-order chi connectivity index (χ1) is 14.1. The molecule has 1 aliphatic rings. The second-order valence-corrected chi connectivity index (χ2v) is 7.73. The SMILES string of the molecule is C=C(C)[C@]1(O)[C@H](n2ccc(=O)[nH]c2=O)O[C@](F)(CO[PH](=O)Oc2ccccc2)[C@H]1O. The van der Waals surface area contributed by atoms with E-state index < -0.39 is 49.9 Å². The lowest BCUT2D eigenvalue weighted by Crippen LogP contribution is -2.52. The number of aromatic amines is 1. The van der Waals surface area contributed by atoms with Crippen LogP contribution in [0.25, 0.3) is 0 Å². The summed E-state index contributed by atoms with van der Waals surface area (Å²) in [6.07, 6.45) is -3.08. The largest absolute Gasteiger partial charge is 0.426 e. The lowest BCUT2D eigenvalue weighted by molar-refractivity contribution is -0.203. The van der Waals surface area contributed by atoms with Crippen LogP contribution in [0.3, 0.4) is 0 Å². The highest BCUT2D eigenvalue weighted by Gasteiger charge is 2.66. The molecule has 10 nitrogen and oxygen atoms in total. The third-order valence-corrected chi connectivity index (χ3v) is 5.41. The van der Waals surface area contributed by atoms with E-state index in [1.165, 1.54) is 19.1 Å². The van der Waals surface area contributed by atoms with Gasteiger partial charge in [0.15, 0.2) is 17.9 Å². The minimum absolute atomic E-state index is 0.120. The van der Waals surface area contributed by atoms with Crippen molar-refractivity contribution < 1.29 is 33.0 Å². The first-order valence-corrected chi connectivity index (χ1v) is 9.94. The van der Waals surface area contributed by atoms with Gasteiger partial charge in [0.2, 0.25) is 0 Å². The summed E-state index contributed by atoms with van der Waals surface area (Å²) < 4.78 is 43.2. The van der Waals surface area contributed by atoms with Crippen LogP contribution in [0.15, 0.2) is 64.3 Å². The lowest BCUT2D eigenvalue weighted by Gasteiger charge is -2.32. The van der Waals surface area contributed by atoms with Crippen LogP contribution < -0.4 is 15.8 Å². The quantitative estimate of drug-likeness (QED) is 0.424. The van der Waals surface area contributed by atoms with E-state index in [0.717, 1.165) is 12.3 Å². The molecule has 0 spiro atoms. The summed E-state index contributed by atoms with van der Waals surface area (Å²) in [6.45, 7) is 3.75. The Morgan fingerprint density at radius 2 is 2.03 bits per heavy atom.